The van der Waals surface area contributed by atoms with Crippen LogP contribution in [0.25, 0.3) is 62.2 Å². The highest BCUT2D eigenvalue weighted by molar-refractivity contribution is 5.71. The molecule has 9 aromatic heterocycles. The van der Waals surface area contributed by atoms with Gasteiger partial charge in [-0.05, 0) is 110 Å². The van der Waals surface area contributed by atoms with E-state index in [0.29, 0.717) is 91.1 Å². The van der Waals surface area contributed by atoms with Gasteiger partial charge in [0, 0.05) is 148 Å². The molecule has 3 spiro atoms. The van der Waals surface area contributed by atoms with Crippen molar-refractivity contribution in [2.45, 2.75) is 170 Å². The van der Waals surface area contributed by atoms with Crippen molar-refractivity contribution in [3.63, 3.8) is 0 Å². The van der Waals surface area contributed by atoms with E-state index in [2.05, 4.69) is 128 Å². The van der Waals surface area contributed by atoms with Gasteiger partial charge in [-0.3, -0.25) is 4.68 Å². The lowest BCUT2D eigenvalue weighted by atomic mass is 9.81. The summed E-state index contributed by atoms with van der Waals surface area (Å²) in [7, 11) is 1.53. The summed E-state index contributed by atoms with van der Waals surface area (Å²) in [6.07, 6.45) is 25.3. The zero-order chi connectivity index (χ0) is 65.8. The van der Waals surface area contributed by atoms with Gasteiger partial charge in [0.15, 0.2) is 0 Å². The monoisotopic (exact) mass is 1240 g/mol. The Morgan fingerprint density at radius 2 is 0.923 bits per heavy atom. The van der Waals surface area contributed by atoms with Gasteiger partial charge in [0.1, 0.15) is 81.7 Å². The van der Waals surface area contributed by atoms with Gasteiger partial charge in [-0.15, -0.1) is 35.4 Å². The van der Waals surface area contributed by atoms with Crippen LogP contribution in [0.2, 0.25) is 0 Å². The topological polar surface area (TPSA) is 324 Å². The van der Waals surface area contributed by atoms with Gasteiger partial charge in [-0.1, -0.05) is 0 Å². The lowest BCUT2D eigenvalue weighted by Gasteiger charge is -2.46. The molecule has 3 saturated heterocycles. The van der Waals surface area contributed by atoms with Crippen molar-refractivity contribution in [2.75, 3.05) is 7.11 Å². The fraction of sp³-hybridized carbons (Fsp3) is 0.446. The molecule has 3 saturated carbocycles. The largest absolute Gasteiger partial charge is 0.506 e. The van der Waals surface area contributed by atoms with Gasteiger partial charge >= 0.3 is 0 Å². The van der Waals surface area contributed by atoms with Crippen LogP contribution in [0.5, 0.6) is 40.8 Å². The number of nitrogens with one attached hydrogen (secondary N) is 3. The average molecular weight is 1240 g/mol. The third-order valence-electron chi connectivity index (χ3n) is 17.3. The molecular weight excluding hydrogens is 1160 g/mol. The van der Waals surface area contributed by atoms with Crippen molar-refractivity contribution >= 4 is 0 Å². The molecule has 6 N–H and O–H groups in total. The van der Waals surface area contributed by atoms with Gasteiger partial charge in [0.05, 0.1) is 37.6 Å². The molecule has 15 rings (SSSR count). The number of aromatic nitrogens is 16. The van der Waals surface area contributed by atoms with Crippen molar-refractivity contribution in [1.82, 2.24) is 96.2 Å². The SMILES string of the molecule is COc1cc(-c2cnc(-c3ccc(OC4CC(C)(C)NC(C)(C)C4)nn3)c(O)c2)ncn1.Oc1cc(-n2nccn2)cnc1-c1ccc(OC2CC3(CC3)NC3(CC3)C2)nn1.[2H]C([2H])([2H])n1cc(-c2cnc(-c3ccc(OC4CC(C)(C)NC5(CC5)C4)nn3)c(O)c2)cn1. The smallest absolute Gasteiger partial charge is 0.233 e. The summed E-state index contributed by atoms with van der Waals surface area (Å²) < 4.78 is 46.7. The van der Waals surface area contributed by atoms with E-state index in [0.717, 1.165) is 43.2 Å². The van der Waals surface area contributed by atoms with Crippen LogP contribution in [0.15, 0.2) is 110 Å². The number of piperidine rings is 3. The molecule has 1 atom stereocenters. The van der Waals surface area contributed by atoms with Crippen LogP contribution < -0.4 is 34.9 Å². The van der Waals surface area contributed by atoms with E-state index in [1.165, 1.54) is 81.4 Å². The number of rotatable bonds is 13. The molecule has 6 fully saturated rings. The minimum Gasteiger partial charge on any atom is -0.506 e. The number of pyridine rings is 3. The van der Waals surface area contributed by atoms with E-state index in [4.69, 9.17) is 23.1 Å². The average Bonchev–Trinajstić information content (AvgIpc) is 1.57. The second kappa shape index (κ2) is 23.8. The number of methoxy groups -OCH3 is 1. The first-order chi connectivity index (χ1) is 44.8. The molecule has 1 unspecified atom stereocenters. The molecule has 9 aromatic rings. The van der Waals surface area contributed by atoms with Gasteiger partial charge < -0.3 is 50.2 Å². The molecule has 0 bridgehead atoms. The summed E-state index contributed by atoms with van der Waals surface area (Å²) >= 11 is 0. The van der Waals surface area contributed by atoms with E-state index in [1.807, 2.05) is 0 Å². The van der Waals surface area contributed by atoms with Gasteiger partial charge in [0.2, 0.25) is 23.5 Å². The van der Waals surface area contributed by atoms with Crippen molar-refractivity contribution in [3.05, 3.63) is 110 Å². The Bertz CT molecular complexity index is 4120. The predicted octanol–water partition coefficient (Wildman–Crippen LogP) is 8.51. The molecule has 91 heavy (non-hydrogen) atoms. The quantitative estimate of drug-likeness (QED) is 0.0630. The number of nitrogens with zero attached hydrogens (tertiary/aromatic N) is 16. The fourth-order valence-corrected chi connectivity index (χ4v) is 13.2. The lowest BCUT2D eigenvalue weighted by Crippen LogP contribution is -2.60. The minimum atomic E-state index is -2.36. The van der Waals surface area contributed by atoms with E-state index in [-0.39, 0.29) is 63.4 Å². The zero-order valence-electron chi connectivity index (χ0n) is 54.7. The van der Waals surface area contributed by atoms with E-state index in [9.17, 15) is 15.3 Å². The molecule has 0 amide bonds. The second-order valence-corrected chi connectivity index (χ2v) is 26.8. The number of ether oxygens (including phenoxy) is 4. The Hall–Kier alpha value is -9.40. The third kappa shape index (κ3) is 14.3. The lowest BCUT2D eigenvalue weighted by molar-refractivity contribution is 0.0523. The molecule has 3 aliphatic heterocycles. The van der Waals surface area contributed by atoms with E-state index >= 15 is 0 Å². The highest BCUT2D eigenvalue weighted by Gasteiger charge is 2.59. The molecular formula is C65H75N19O7. The molecule has 26 heteroatoms. The first-order valence-corrected chi connectivity index (χ1v) is 30.5. The van der Waals surface area contributed by atoms with Crippen LogP contribution in [-0.4, -0.2) is 154 Å². The van der Waals surface area contributed by atoms with Crippen LogP contribution >= 0.6 is 0 Å². The van der Waals surface area contributed by atoms with Gasteiger partial charge in [-0.2, -0.15) is 15.3 Å². The van der Waals surface area contributed by atoms with Crippen molar-refractivity contribution in [1.29, 1.82) is 0 Å². The Morgan fingerprint density at radius 1 is 0.462 bits per heavy atom. The summed E-state index contributed by atoms with van der Waals surface area (Å²) in [5.74, 6) is 1.73. The molecule has 26 nitrogen and oxygen atoms in total. The number of aryl methyl sites for hydroxylation is 1. The maximum atomic E-state index is 10.5. The van der Waals surface area contributed by atoms with Crippen molar-refractivity contribution < 1.29 is 38.4 Å². The van der Waals surface area contributed by atoms with Gasteiger partial charge in [0.25, 0.3) is 0 Å². The van der Waals surface area contributed by atoms with Crippen LogP contribution in [0.1, 0.15) is 123 Å². The van der Waals surface area contributed by atoms with Crippen LogP contribution in [-0.2, 0) is 6.98 Å². The summed E-state index contributed by atoms with van der Waals surface area (Å²) in [6, 6.07) is 16.8. The Labute approximate surface area is 530 Å². The van der Waals surface area contributed by atoms with E-state index < -0.39 is 6.98 Å². The molecule has 472 valence electrons. The summed E-state index contributed by atoms with van der Waals surface area (Å²) in [5, 5.41) is 79.8. The van der Waals surface area contributed by atoms with Crippen molar-refractivity contribution in [3.8, 4) is 103 Å². The molecule has 0 aromatic carbocycles. The fourth-order valence-electron chi connectivity index (χ4n) is 13.2. The summed E-state index contributed by atoms with van der Waals surface area (Å²) in [4.78, 5) is 22.5. The maximum Gasteiger partial charge on any atom is 0.233 e. The summed E-state index contributed by atoms with van der Waals surface area (Å²) in [6.45, 7) is 10.7. The van der Waals surface area contributed by atoms with Crippen LogP contribution in [0, 0.1) is 0 Å². The van der Waals surface area contributed by atoms with Gasteiger partial charge in [-0.25, -0.2) is 24.9 Å². The Morgan fingerprint density at radius 3 is 1.38 bits per heavy atom. The molecule has 12 heterocycles. The minimum absolute atomic E-state index is 0.00697. The molecule has 3 aliphatic carbocycles. The second-order valence-electron chi connectivity index (χ2n) is 26.8. The van der Waals surface area contributed by atoms with E-state index in [1.54, 1.807) is 79.4 Å². The highest BCUT2D eigenvalue weighted by Crippen LogP contribution is 2.54. The van der Waals surface area contributed by atoms with Crippen molar-refractivity contribution in [2.24, 2.45) is 6.98 Å². The first-order valence-electron chi connectivity index (χ1n) is 32.0. The standard InChI is InChI=1S/C23H28N6O3.C22H26N6O2.C20H21N7O2/c1-22(2)10-15(11-23(3,4)29-22)32-19-7-6-16(27-28-19)21-18(30)8-14(12-24-21)17-9-20(31-5)26-13-25-17;1-21(2)9-16(10-22(27-21)6-7-22)30-19-5-4-17(25-26-19)20-18(29)8-14(11-23-20)15-12-24-28(3)13-15;28-16-9-13(27-22-7-8-23-27)12-21-18(16)15-1-2-17(25-24-15)29-14-10-19(3-4-19)26-20(11-14)5-6-20/h6-9,12-13,15,29-30H,10-11H2,1-5H3;4-5,8,11-13,16,27,29H,6-7,9-10H2,1-3H3;1-2,7-9,12,14,26,28H,3-6,10-11H2/i;3D3;. The normalized spacial score (nSPS) is 20.7. The predicted molar refractivity (Wildman–Crippen MR) is 334 cm³/mol. The number of hydrogen-bond donors (Lipinski definition) is 6. The third-order valence-corrected chi connectivity index (χ3v) is 17.3. The first kappa shape index (κ1) is 56.8. The molecule has 0 radical (unpaired) electrons. The highest BCUT2D eigenvalue weighted by atomic mass is 16.5. The number of aromatic hydroxyl groups is 3. The summed E-state index contributed by atoms with van der Waals surface area (Å²) in [5.41, 5.74) is 5.96. The molecule has 6 aliphatic rings. The number of hydrogen-bond acceptors (Lipinski definition) is 24. The van der Waals surface area contributed by atoms with Crippen LogP contribution in [0.4, 0.5) is 0 Å². The van der Waals surface area contributed by atoms with Crippen LogP contribution in [0.3, 0.4) is 0 Å². The maximum absolute atomic E-state index is 10.5. The Kier molecular flexibility index (Phi) is 14.8. The Balaban J connectivity index is 0.000000128. The zero-order valence-corrected chi connectivity index (χ0v) is 51.7.